The molecule has 0 spiro atoms. The summed E-state index contributed by atoms with van der Waals surface area (Å²) >= 11 is 0. The minimum Gasteiger partial charge on any atom is -0.353 e. The monoisotopic (exact) mass is 385 g/mol. The van der Waals surface area contributed by atoms with Gasteiger partial charge in [0.2, 0.25) is 14.1 Å². The molecule has 142 valence electrons. The maximum absolute atomic E-state index is 13.2. The Labute approximate surface area is 168 Å². The van der Waals surface area contributed by atoms with Crippen LogP contribution >= 0.6 is 0 Å². The summed E-state index contributed by atoms with van der Waals surface area (Å²) in [5, 5.41) is 2.52. The van der Waals surface area contributed by atoms with Gasteiger partial charge in [-0.05, 0) is 21.0 Å². The first kappa shape index (κ1) is 18.7. The molecule has 3 aromatic rings. The maximum atomic E-state index is 13.2. The summed E-state index contributed by atoms with van der Waals surface area (Å²) in [6, 6.07) is 32.0. The Kier molecular flexibility index (Phi) is 4.72. The van der Waals surface area contributed by atoms with Crippen molar-refractivity contribution >= 4 is 24.5 Å². The molecule has 0 aliphatic carbocycles. The third-order valence-corrected chi connectivity index (χ3v) is 11.8. The standard InChI is InChI=1S/C25H27NOSi/c1-25(2,3)28(21-15-9-5-10-16-21,22-17-11-6-12-18-22)26-23(19-24(26)27)20-13-7-4-8-14-20/h4-18,23H,19H2,1-3H3. The van der Waals surface area contributed by atoms with Crippen LogP contribution in [0.1, 0.15) is 38.8 Å². The fraction of sp³-hybridized carbons (Fsp3) is 0.240. The number of nitrogens with zero attached hydrogens (tertiary/aromatic N) is 1. The topological polar surface area (TPSA) is 20.3 Å². The first-order valence-corrected chi connectivity index (χ1v) is 11.9. The van der Waals surface area contributed by atoms with Gasteiger partial charge in [0.05, 0.1) is 6.04 Å². The zero-order valence-electron chi connectivity index (χ0n) is 16.8. The molecule has 0 bridgehead atoms. The highest BCUT2D eigenvalue weighted by molar-refractivity contribution is 7.03. The minimum absolute atomic E-state index is 0.0706. The highest BCUT2D eigenvalue weighted by Gasteiger charge is 2.60. The van der Waals surface area contributed by atoms with E-state index in [0.29, 0.717) is 6.42 Å². The van der Waals surface area contributed by atoms with Crippen LogP contribution in [0.25, 0.3) is 0 Å². The predicted molar refractivity (Wildman–Crippen MR) is 118 cm³/mol. The van der Waals surface area contributed by atoms with E-state index in [4.69, 9.17) is 0 Å². The Balaban J connectivity index is 1.99. The van der Waals surface area contributed by atoms with Crippen LogP contribution < -0.4 is 10.4 Å². The van der Waals surface area contributed by atoms with Gasteiger partial charge in [-0.1, -0.05) is 112 Å². The first-order valence-electron chi connectivity index (χ1n) is 9.94. The second kappa shape index (κ2) is 7.06. The Morgan fingerprint density at radius 2 is 1.18 bits per heavy atom. The highest BCUT2D eigenvalue weighted by Crippen LogP contribution is 2.47. The van der Waals surface area contributed by atoms with E-state index in [-0.39, 0.29) is 17.0 Å². The zero-order chi connectivity index (χ0) is 19.8. The number of hydrogen-bond donors (Lipinski definition) is 0. The van der Waals surface area contributed by atoms with Crippen molar-refractivity contribution in [1.82, 2.24) is 4.57 Å². The lowest BCUT2D eigenvalue weighted by Crippen LogP contribution is -2.79. The van der Waals surface area contributed by atoms with Crippen molar-refractivity contribution in [1.29, 1.82) is 0 Å². The van der Waals surface area contributed by atoms with Gasteiger partial charge >= 0.3 is 0 Å². The lowest BCUT2D eigenvalue weighted by atomic mass is 9.97. The fourth-order valence-corrected chi connectivity index (χ4v) is 10.7. The van der Waals surface area contributed by atoms with Gasteiger partial charge in [-0.25, -0.2) is 0 Å². The van der Waals surface area contributed by atoms with E-state index in [9.17, 15) is 4.79 Å². The molecule has 4 rings (SSSR count). The summed E-state index contributed by atoms with van der Waals surface area (Å²) in [4.78, 5) is 13.2. The van der Waals surface area contributed by atoms with E-state index < -0.39 is 8.24 Å². The van der Waals surface area contributed by atoms with Crippen LogP contribution in [-0.4, -0.2) is 18.7 Å². The van der Waals surface area contributed by atoms with Gasteiger partial charge in [-0.2, -0.15) is 0 Å². The quantitative estimate of drug-likeness (QED) is 0.478. The highest BCUT2D eigenvalue weighted by atomic mass is 28.3. The van der Waals surface area contributed by atoms with E-state index in [1.807, 2.05) is 6.07 Å². The minimum atomic E-state index is -2.59. The molecular formula is C25H27NOSi. The largest absolute Gasteiger partial charge is 0.353 e. The molecule has 1 amide bonds. The third kappa shape index (κ3) is 2.82. The van der Waals surface area contributed by atoms with Crippen molar-refractivity contribution in [2.75, 3.05) is 0 Å². The van der Waals surface area contributed by atoms with E-state index in [1.165, 1.54) is 15.9 Å². The second-order valence-corrected chi connectivity index (χ2v) is 13.1. The van der Waals surface area contributed by atoms with E-state index in [0.717, 1.165) is 0 Å². The van der Waals surface area contributed by atoms with E-state index in [1.54, 1.807) is 0 Å². The summed E-state index contributed by atoms with van der Waals surface area (Å²) in [6.07, 6.45) is 0.592. The molecule has 28 heavy (non-hydrogen) atoms. The summed E-state index contributed by atoms with van der Waals surface area (Å²) in [5.41, 5.74) is 1.23. The van der Waals surface area contributed by atoms with Gasteiger partial charge in [0.15, 0.2) is 0 Å². The number of rotatable bonds is 4. The van der Waals surface area contributed by atoms with Crippen molar-refractivity contribution in [2.24, 2.45) is 0 Å². The van der Waals surface area contributed by atoms with Crippen LogP contribution in [0.3, 0.4) is 0 Å². The number of hydrogen-bond acceptors (Lipinski definition) is 1. The molecule has 1 unspecified atom stereocenters. The molecule has 2 nitrogen and oxygen atoms in total. The normalized spacial score (nSPS) is 17.3. The molecule has 0 N–H and O–H groups in total. The van der Waals surface area contributed by atoms with Gasteiger partial charge in [0.25, 0.3) is 0 Å². The van der Waals surface area contributed by atoms with E-state index in [2.05, 4.69) is 110 Å². The van der Waals surface area contributed by atoms with Gasteiger partial charge < -0.3 is 4.57 Å². The van der Waals surface area contributed by atoms with Crippen LogP contribution in [-0.2, 0) is 4.79 Å². The molecular weight excluding hydrogens is 358 g/mol. The maximum Gasteiger partial charge on any atom is 0.229 e. The van der Waals surface area contributed by atoms with Gasteiger partial charge in [0.1, 0.15) is 0 Å². The van der Waals surface area contributed by atoms with E-state index >= 15 is 0 Å². The average Bonchev–Trinajstić information content (AvgIpc) is 2.71. The molecule has 0 aromatic heterocycles. The summed E-state index contributed by atoms with van der Waals surface area (Å²) in [7, 11) is -2.59. The number of carbonyl (C=O) groups is 1. The molecule has 1 heterocycles. The second-order valence-electron chi connectivity index (χ2n) is 8.59. The lowest BCUT2D eigenvalue weighted by Gasteiger charge is -2.58. The summed E-state index contributed by atoms with van der Waals surface area (Å²) in [6.45, 7) is 6.90. The van der Waals surface area contributed by atoms with Crippen molar-refractivity contribution in [3.05, 3.63) is 96.6 Å². The number of carbonyl (C=O) groups excluding carboxylic acids is 1. The van der Waals surface area contributed by atoms with Crippen LogP contribution in [0.15, 0.2) is 91.0 Å². The SMILES string of the molecule is CC(C)(C)[Si](c1ccccc1)(c1ccccc1)N1C(=O)CC1c1ccccc1. The van der Waals surface area contributed by atoms with Crippen LogP contribution in [0, 0.1) is 0 Å². The summed E-state index contributed by atoms with van der Waals surface area (Å²) in [5.74, 6) is 0.267. The molecule has 1 saturated heterocycles. The average molecular weight is 386 g/mol. The third-order valence-electron chi connectivity index (χ3n) is 5.96. The Hall–Kier alpha value is -2.65. The van der Waals surface area contributed by atoms with Gasteiger partial charge in [-0.15, -0.1) is 0 Å². The molecule has 0 radical (unpaired) electrons. The Bertz CT molecular complexity index is 909. The smallest absolute Gasteiger partial charge is 0.229 e. The molecule has 1 atom stereocenters. The number of benzene rings is 3. The Morgan fingerprint density at radius 3 is 1.57 bits per heavy atom. The lowest BCUT2D eigenvalue weighted by molar-refractivity contribution is -0.139. The molecule has 1 aliphatic rings. The fourth-order valence-electron chi connectivity index (χ4n) is 4.81. The van der Waals surface area contributed by atoms with Crippen molar-refractivity contribution in [3.63, 3.8) is 0 Å². The van der Waals surface area contributed by atoms with Crippen LogP contribution in [0.2, 0.25) is 5.04 Å². The number of amides is 1. The molecule has 1 aliphatic heterocycles. The molecule has 3 heteroatoms. The Morgan fingerprint density at radius 1 is 0.750 bits per heavy atom. The first-order chi connectivity index (χ1) is 13.5. The van der Waals surface area contributed by atoms with Crippen LogP contribution in [0.5, 0.6) is 0 Å². The molecule has 1 fully saturated rings. The van der Waals surface area contributed by atoms with Crippen molar-refractivity contribution < 1.29 is 4.79 Å². The van der Waals surface area contributed by atoms with Crippen LogP contribution in [0.4, 0.5) is 0 Å². The van der Waals surface area contributed by atoms with Crippen molar-refractivity contribution in [3.8, 4) is 0 Å². The molecule has 0 saturated carbocycles. The van der Waals surface area contributed by atoms with Gasteiger partial charge in [0, 0.05) is 6.42 Å². The number of β-lactam (4-membered cyclic amide) rings is 1. The zero-order valence-corrected chi connectivity index (χ0v) is 17.8. The predicted octanol–water partition coefficient (Wildman–Crippen LogP) is 4.52. The van der Waals surface area contributed by atoms with Crippen molar-refractivity contribution in [2.45, 2.75) is 38.3 Å². The molecule has 3 aromatic carbocycles. The van der Waals surface area contributed by atoms with Gasteiger partial charge in [-0.3, -0.25) is 4.79 Å². The summed E-state index contributed by atoms with van der Waals surface area (Å²) < 4.78 is 2.27.